The van der Waals surface area contributed by atoms with Gasteiger partial charge < -0.3 is 0 Å². The topological polar surface area (TPSA) is 0 Å². The molecular weight excluding hydrogens is 216 g/mol. The van der Waals surface area contributed by atoms with Crippen LogP contribution in [0.3, 0.4) is 0 Å². The van der Waals surface area contributed by atoms with Crippen molar-refractivity contribution in [1.29, 1.82) is 0 Å². The Bertz CT molecular complexity index is 59.2. The third kappa shape index (κ3) is 24.6. The van der Waals surface area contributed by atoms with Crippen LogP contribution in [0.25, 0.3) is 0 Å². The average Bonchev–Trinajstić information content (AvgIpc) is 2.15. The summed E-state index contributed by atoms with van der Waals surface area (Å²) in [7, 11) is 3.99. The van der Waals surface area contributed by atoms with Crippen molar-refractivity contribution >= 4 is 33.3 Å². The van der Waals surface area contributed by atoms with E-state index in [1.165, 1.54) is 35.9 Å². The van der Waals surface area contributed by atoms with Gasteiger partial charge in [-0.15, -0.1) is 0 Å². The summed E-state index contributed by atoms with van der Waals surface area (Å²) in [6, 6.07) is 0. The van der Waals surface area contributed by atoms with Crippen LogP contribution in [0, 0.1) is 0 Å². The minimum absolute atomic E-state index is 1.26. The first kappa shape index (κ1) is 16.5. The first-order valence-electron chi connectivity index (χ1n) is 5.15. The van der Waals surface area contributed by atoms with Crippen molar-refractivity contribution in [3.63, 3.8) is 0 Å². The molecule has 0 heterocycles. The summed E-state index contributed by atoms with van der Waals surface area (Å²) in [5.41, 5.74) is 0. The Labute approximate surface area is 96.8 Å². The van der Waals surface area contributed by atoms with Gasteiger partial charge in [0.1, 0.15) is 0 Å². The zero-order chi connectivity index (χ0) is 10.4. The van der Waals surface area contributed by atoms with Gasteiger partial charge in [0, 0.05) is 11.5 Å². The molecular formula is C10H24S3. The molecule has 0 aliphatic rings. The molecule has 82 valence electrons. The smallest absolute Gasteiger partial charge is 0.00343 e. The summed E-state index contributed by atoms with van der Waals surface area (Å²) in [6.45, 7) is 8.79. The Morgan fingerprint density at radius 3 is 1.23 bits per heavy atom. The molecule has 0 aromatic heterocycles. The van der Waals surface area contributed by atoms with Crippen LogP contribution in [-0.2, 0) is 0 Å². The maximum absolute atomic E-state index is 2.22. The molecule has 0 saturated carbocycles. The van der Waals surface area contributed by atoms with E-state index in [0.29, 0.717) is 0 Å². The van der Waals surface area contributed by atoms with Crippen LogP contribution in [-0.4, -0.2) is 23.0 Å². The Kier molecular flexibility index (Phi) is 23.8. The van der Waals surface area contributed by atoms with Crippen molar-refractivity contribution in [2.75, 3.05) is 23.0 Å². The molecule has 0 bridgehead atoms. The van der Waals surface area contributed by atoms with Gasteiger partial charge >= 0.3 is 0 Å². The highest BCUT2D eigenvalue weighted by molar-refractivity contribution is 8.76. The van der Waals surface area contributed by atoms with Gasteiger partial charge in [-0.3, -0.25) is 0 Å². The average molecular weight is 241 g/mol. The highest BCUT2D eigenvalue weighted by Gasteiger charge is 1.83. The highest BCUT2D eigenvalue weighted by Crippen LogP contribution is 2.21. The fourth-order valence-electron chi connectivity index (χ4n) is 0.489. The molecule has 0 fully saturated rings. The molecule has 0 saturated heterocycles. The lowest BCUT2D eigenvalue weighted by atomic mass is 10.6. The normalized spacial score (nSPS) is 9.23. The predicted molar refractivity (Wildman–Crippen MR) is 74.2 cm³/mol. The van der Waals surface area contributed by atoms with Crippen molar-refractivity contribution in [2.45, 2.75) is 40.5 Å². The Balaban J connectivity index is 0. The van der Waals surface area contributed by atoms with Crippen molar-refractivity contribution in [3.05, 3.63) is 0 Å². The zero-order valence-corrected chi connectivity index (χ0v) is 11.9. The van der Waals surface area contributed by atoms with Crippen molar-refractivity contribution in [3.8, 4) is 0 Å². The van der Waals surface area contributed by atoms with E-state index < -0.39 is 0 Å². The fraction of sp³-hybridized carbons (Fsp3) is 1.00. The molecule has 0 aliphatic heterocycles. The predicted octanol–water partition coefficient (Wildman–Crippen LogP) is 4.95. The SMILES string of the molecule is CCCSSCCC.CCSCC. The van der Waals surface area contributed by atoms with E-state index in [1.54, 1.807) is 0 Å². The monoisotopic (exact) mass is 240 g/mol. The second kappa shape index (κ2) is 18.8. The maximum atomic E-state index is 2.22. The summed E-state index contributed by atoms with van der Waals surface area (Å²) in [4.78, 5) is 0. The summed E-state index contributed by atoms with van der Waals surface area (Å²) in [5, 5.41) is 0. The molecule has 0 radical (unpaired) electrons. The molecule has 3 heteroatoms. The van der Waals surface area contributed by atoms with Gasteiger partial charge in [0.05, 0.1) is 0 Å². The van der Waals surface area contributed by atoms with Gasteiger partial charge in [-0.05, 0) is 24.3 Å². The molecule has 13 heavy (non-hydrogen) atoms. The quantitative estimate of drug-likeness (QED) is 0.456. The first-order chi connectivity index (χ1) is 6.33. The van der Waals surface area contributed by atoms with E-state index in [9.17, 15) is 0 Å². The van der Waals surface area contributed by atoms with Crippen LogP contribution in [0.15, 0.2) is 0 Å². The molecule has 0 aromatic rings. The zero-order valence-electron chi connectivity index (χ0n) is 9.47. The summed E-state index contributed by atoms with van der Waals surface area (Å²) in [6.07, 6.45) is 2.61. The van der Waals surface area contributed by atoms with Gasteiger partial charge in [0.2, 0.25) is 0 Å². The first-order valence-corrected chi connectivity index (χ1v) is 8.79. The lowest BCUT2D eigenvalue weighted by molar-refractivity contribution is 1.11. The van der Waals surface area contributed by atoms with E-state index >= 15 is 0 Å². The van der Waals surface area contributed by atoms with Crippen LogP contribution in [0.4, 0.5) is 0 Å². The molecule has 0 unspecified atom stereocenters. The third-order valence-electron chi connectivity index (χ3n) is 1.07. The van der Waals surface area contributed by atoms with Gasteiger partial charge in [0.25, 0.3) is 0 Å². The van der Waals surface area contributed by atoms with E-state index in [1.807, 2.05) is 33.3 Å². The Hall–Kier alpha value is 1.05. The molecule has 0 aromatic carbocycles. The molecule has 0 nitrogen and oxygen atoms in total. The lowest BCUT2D eigenvalue weighted by Crippen LogP contribution is -1.70. The summed E-state index contributed by atoms with van der Waals surface area (Å²) < 4.78 is 0. The molecule has 0 N–H and O–H groups in total. The van der Waals surface area contributed by atoms with E-state index in [4.69, 9.17) is 0 Å². The summed E-state index contributed by atoms with van der Waals surface area (Å²) >= 11 is 1.96. The molecule has 0 amide bonds. The minimum Gasteiger partial charge on any atom is -0.163 e. The van der Waals surface area contributed by atoms with Crippen LogP contribution in [0.5, 0.6) is 0 Å². The number of thioether (sulfide) groups is 1. The van der Waals surface area contributed by atoms with Crippen molar-refractivity contribution < 1.29 is 0 Å². The minimum atomic E-state index is 1.26. The second-order valence-corrected chi connectivity index (χ2v) is 6.69. The fourth-order valence-corrected chi connectivity index (χ4v) is 3.17. The third-order valence-corrected chi connectivity index (χ3v) is 4.70. The Morgan fingerprint density at radius 2 is 1.08 bits per heavy atom. The maximum Gasteiger partial charge on any atom is 0.00343 e. The highest BCUT2D eigenvalue weighted by atomic mass is 33.1. The van der Waals surface area contributed by atoms with Gasteiger partial charge in [-0.25, -0.2) is 0 Å². The van der Waals surface area contributed by atoms with E-state index in [2.05, 4.69) is 27.7 Å². The molecule has 0 atom stereocenters. The van der Waals surface area contributed by atoms with Crippen LogP contribution >= 0.6 is 33.3 Å². The molecule has 0 aliphatic carbocycles. The Morgan fingerprint density at radius 1 is 0.692 bits per heavy atom. The number of hydrogen-bond acceptors (Lipinski definition) is 3. The van der Waals surface area contributed by atoms with Crippen LogP contribution in [0.2, 0.25) is 0 Å². The van der Waals surface area contributed by atoms with Gasteiger partial charge in [-0.2, -0.15) is 11.8 Å². The van der Waals surface area contributed by atoms with Crippen LogP contribution in [0.1, 0.15) is 40.5 Å². The lowest BCUT2D eigenvalue weighted by Gasteiger charge is -1.93. The van der Waals surface area contributed by atoms with Gasteiger partial charge in [0.15, 0.2) is 0 Å². The number of rotatable bonds is 7. The largest absolute Gasteiger partial charge is 0.163 e. The standard InChI is InChI=1S/C6H14S2.C4H10S/c1-3-5-7-8-6-4-2;1-3-5-4-2/h3-6H2,1-2H3;3-4H2,1-2H3. The summed E-state index contributed by atoms with van der Waals surface area (Å²) in [5.74, 6) is 5.14. The van der Waals surface area contributed by atoms with E-state index in [0.717, 1.165) is 0 Å². The van der Waals surface area contributed by atoms with Crippen molar-refractivity contribution in [1.82, 2.24) is 0 Å². The van der Waals surface area contributed by atoms with Crippen molar-refractivity contribution in [2.24, 2.45) is 0 Å². The van der Waals surface area contributed by atoms with E-state index in [-0.39, 0.29) is 0 Å². The molecule has 0 rings (SSSR count). The van der Waals surface area contributed by atoms with Crippen LogP contribution < -0.4 is 0 Å². The molecule has 0 spiro atoms. The second-order valence-electron chi connectivity index (χ2n) is 2.43. The van der Waals surface area contributed by atoms with Gasteiger partial charge in [-0.1, -0.05) is 49.3 Å². The number of hydrogen-bond donors (Lipinski definition) is 0.